The van der Waals surface area contributed by atoms with E-state index in [4.69, 9.17) is 4.74 Å². The monoisotopic (exact) mass is 284 g/mol. The zero-order valence-electron chi connectivity index (χ0n) is 10.8. The number of ether oxygens (including phenoxy) is 1. The predicted molar refractivity (Wildman–Crippen MR) is 69.3 cm³/mol. The van der Waals surface area contributed by atoms with E-state index in [0.717, 1.165) is 12.7 Å². The number of hydrogen-bond donors (Lipinski definition) is 1. The van der Waals surface area contributed by atoms with Crippen molar-refractivity contribution in [2.24, 2.45) is 0 Å². The molecular weight excluding hydrogens is 268 g/mol. The van der Waals surface area contributed by atoms with Gasteiger partial charge in [-0.1, -0.05) is 18.6 Å². The molecule has 1 aromatic carbocycles. The van der Waals surface area contributed by atoms with E-state index in [-0.39, 0.29) is 10.6 Å². The molecule has 1 N–H and O–H groups in total. The highest BCUT2D eigenvalue weighted by Crippen LogP contribution is 2.48. The molecule has 104 valence electrons. The average Bonchev–Trinajstić information content (AvgIpc) is 2.25. The van der Waals surface area contributed by atoms with Crippen LogP contribution in [0.2, 0.25) is 0 Å². The highest BCUT2D eigenvalue weighted by atomic mass is 32.2. The van der Waals surface area contributed by atoms with Gasteiger partial charge in [-0.3, -0.25) is 4.79 Å². The lowest BCUT2D eigenvalue weighted by Gasteiger charge is -2.39. The number of para-hydroxylation sites is 1. The number of aliphatic carboxylic acids is 1. The molecule has 1 fully saturated rings. The number of hydrogen-bond acceptors (Lipinski definition) is 4. The Labute approximate surface area is 112 Å². The summed E-state index contributed by atoms with van der Waals surface area (Å²) in [5.41, 5.74) is -0.553. The molecule has 1 aromatic rings. The van der Waals surface area contributed by atoms with Gasteiger partial charge in [0.05, 0.1) is 12.5 Å². The molecule has 1 aliphatic carbocycles. The molecule has 0 unspecified atom stereocenters. The van der Waals surface area contributed by atoms with Crippen molar-refractivity contribution < 1.29 is 23.1 Å². The second-order valence-corrected chi connectivity index (χ2v) is 6.83. The van der Waals surface area contributed by atoms with E-state index in [0.29, 0.717) is 18.4 Å². The van der Waals surface area contributed by atoms with Crippen molar-refractivity contribution in [3.63, 3.8) is 0 Å². The Balaban J connectivity index is 2.69. The molecule has 0 saturated heterocycles. The summed E-state index contributed by atoms with van der Waals surface area (Å²) in [6.07, 6.45) is 2.92. The Bertz CT molecular complexity index is 614. The first-order valence-corrected chi connectivity index (χ1v) is 7.83. The van der Waals surface area contributed by atoms with Crippen molar-refractivity contribution >= 4 is 15.8 Å². The lowest BCUT2D eigenvalue weighted by molar-refractivity contribution is -0.147. The Morgan fingerprint density at radius 3 is 2.37 bits per heavy atom. The number of methoxy groups -OCH3 is 1. The van der Waals surface area contributed by atoms with Crippen molar-refractivity contribution in [3.05, 3.63) is 23.8 Å². The lowest BCUT2D eigenvalue weighted by atomic mass is 9.64. The molecule has 2 rings (SSSR count). The van der Waals surface area contributed by atoms with Crippen LogP contribution in [0.3, 0.4) is 0 Å². The van der Waals surface area contributed by atoms with Crippen LogP contribution in [0.15, 0.2) is 23.1 Å². The highest BCUT2D eigenvalue weighted by Gasteiger charge is 2.48. The molecule has 5 nitrogen and oxygen atoms in total. The second-order valence-electron chi connectivity index (χ2n) is 4.85. The van der Waals surface area contributed by atoms with Gasteiger partial charge in [0.25, 0.3) is 0 Å². The van der Waals surface area contributed by atoms with E-state index >= 15 is 0 Å². The quantitative estimate of drug-likeness (QED) is 0.908. The summed E-state index contributed by atoms with van der Waals surface area (Å²) in [4.78, 5) is 11.6. The first-order valence-electron chi connectivity index (χ1n) is 5.94. The summed E-state index contributed by atoms with van der Waals surface area (Å²) in [6.45, 7) is 0. The molecule has 19 heavy (non-hydrogen) atoms. The zero-order valence-corrected chi connectivity index (χ0v) is 11.7. The number of rotatable bonds is 4. The summed E-state index contributed by atoms with van der Waals surface area (Å²) >= 11 is 0. The molecule has 0 bridgehead atoms. The Hall–Kier alpha value is -1.56. The van der Waals surface area contributed by atoms with Crippen LogP contribution in [-0.2, 0) is 20.0 Å². The summed E-state index contributed by atoms with van der Waals surface area (Å²) in [6, 6.07) is 4.64. The molecule has 0 heterocycles. The Kier molecular flexibility index (Phi) is 3.30. The smallest absolute Gasteiger partial charge is 0.314 e. The summed E-state index contributed by atoms with van der Waals surface area (Å²) < 4.78 is 28.7. The van der Waals surface area contributed by atoms with Gasteiger partial charge < -0.3 is 9.84 Å². The van der Waals surface area contributed by atoms with Crippen molar-refractivity contribution in [1.29, 1.82) is 0 Å². The maximum atomic E-state index is 11.7. The first kappa shape index (κ1) is 13.9. The molecule has 1 saturated carbocycles. The van der Waals surface area contributed by atoms with E-state index in [1.807, 2.05) is 0 Å². The van der Waals surface area contributed by atoms with Gasteiger partial charge in [-0.25, -0.2) is 8.42 Å². The zero-order chi connectivity index (χ0) is 14.3. The van der Waals surface area contributed by atoms with Crippen LogP contribution in [0.4, 0.5) is 0 Å². The second kappa shape index (κ2) is 4.52. The normalized spacial score (nSPS) is 17.6. The van der Waals surface area contributed by atoms with Crippen LogP contribution in [0, 0.1) is 0 Å². The number of sulfone groups is 1. The van der Waals surface area contributed by atoms with E-state index in [2.05, 4.69) is 0 Å². The third-order valence-electron chi connectivity index (χ3n) is 3.71. The summed E-state index contributed by atoms with van der Waals surface area (Å²) in [7, 11) is -2.09. The van der Waals surface area contributed by atoms with Crippen molar-refractivity contribution in [3.8, 4) is 5.75 Å². The first-order chi connectivity index (χ1) is 8.83. The molecule has 0 amide bonds. The fourth-order valence-corrected chi connectivity index (χ4v) is 3.38. The van der Waals surface area contributed by atoms with E-state index < -0.39 is 21.2 Å². The SMILES string of the molecule is COc1c(C2(C(=O)O)CCC2)cccc1S(C)(=O)=O. The van der Waals surface area contributed by atoms with Gasteiger partial charge in [0.15, 0.2) is 9.84 Å². The molecule has 0 radical (unpaired) electrons. The maximum absolute atomic E-state index is 11.7. The van der Waals surface area contributed by atoms with Crippen molar-refractivity contribution in [2.75, 3.05) is 13.4 Å². The van der Waals surface area contributed by atoms with Crippen LogP contribution in [-0.4, -0.2) is 32.9 Å². The molecule has 0 atom stereocenters. The van der Waals surface area contributed by atoms with Crippen LogP contribution in [0.25, 0.3) is 0 Å². The minimum atomic E-state index is -3.46. The van der Waals surface area contributed by atoms with Gasteiger partial charge in [0.1, 0.15) is 10.6 Å². The van der Waals surface area contributed by atoms with Crippen LogP contribution >= 0.6 is 0 Å². The van der Waals surface area contributed by atoms with E-state index in [9.17, 15) is 18.3 Å². The fourth-order valence-electron chi connectivity index (χ4n) is 2.52. The van der Waals surface area contributed by atoms with Crippen LogP contribution < -0.4 is 4.74 Å². The Morgan fingerprint density at radius 2 is 2.00 bits per heavy atom. The summed E-state index contributed by atoms with van der Waals surface area (Å²) in [5, 5.41) is 9.45. The molecular formula is C13H16O5S. The van der Waals surface area contributed by atoms with Crippen LogP contribution in [0.1, 0.15) is 24.8 Å². The minimum Gasteiger partial charge on any atom is -0.495 e. The number of benzene rings is 1. The molecule has 6 heteroatoms. The molecule has 0 aromatic heterocycles. The van der Waals surface area contributed by atoms with E-state index in [1.165, 1.54) is 13.2 Å². The average molecular weight is 284 g/mol. The maximum Gasteiger partial charge on any atom is 0.314 e. The fraction of sp³-hybridized carbons (Fsp3) is 0.462. The highest BCUT2D eigenvalue weighted by molar-refractivity contribution is 7.90. The molecule has 0 aliphatic heterocycles. The minimum absolute atomic E-state index is 0.0417. The van der Waals surface area contributed by atoms with Crippen molar-refractivity contribution in [2.45, 2.75) is 29.6 Å². The third-order valence-corrected chi connectivity index (χ3v) is 4.83. The Morgan fingerprint density at radius 1 is 1.37 bits per heavy atom. The standard InChI is InChI=1S/C13H16O5S/c1-18-11-9(13(12(14)15)7-4-8-13)5-3-6-10(11)19(2,16)17/h3,5-6H,4,7-8H2,1-2H3,(H,14,15). The topological polar surface area (TPSA) is 80.7 Å². The summed E-state index contributed by atoms with van der Waals surface area (Å²) in [5.74, 6) is -0.769. The predicted octanol–water partition coefficient (Wildman–Crippen LogP) is 1.60. The number of carbonyl (C=O) groups is 1. The van der Waals surface area contributed by atoms with Gasteiger partial charge in [0.2, 0.25) is 0 Å². The number of carboxylic acid groups (broad SMARTS) is 1. The molecule has 1 aliphatic rings. The van der Waals surface area contributed by atoms with Gasteiger partial charge in [-0.05, 0) is 18.9 Å². The van der Waals surface area contributed by atoms with E-state index in [1.54, 1.807) is 12.1 Å². The lowest BCUT2D eigenvalue weighted by Crippen LogP contribution is -2.42. The third kappa shape index (κ3) is 2.10. The molecule has 0 spiro atoms. The number of carboxylic acids is 1. The van der Waals surface area contributed by atoms with Gasteiger partial charge >= 0.3 is 5.97 Å². The largest absolute Gasteiger partial charge is 0.495 e. The van der Waals surface area contributed by atoms with Gasteiger partial charge in [-0.2, -0.15) is 0 Å². The van der Waals surface area contributed by atoms with Gasteiger partial charge in [-0.15, -0.1) is 0 Å². The van der Waals surface area contributed by atoms with Crippen LogP contribution in [0.5, 0.6) is 5.75 Å². The van der Waals surface area contributed by atoms with Crippen molar-refractivity contribution in [1.82, 2.24) is 0 Å². The van der Waals surface area contributed by atoms with Gasteiger partial charge in [0, 0.05) is 11.8 Å².